The van der Waals surface area contributed by atoms with Crippen molar-refractivity contribution >= 4 is 0 Å². The van der Waals surface area contributed by atoms with Crippen LogP contribution in [0.25, 0.3) is 0 Å². The van der Waals surface area contributed by atoms with Gasteiger partial charge in [-0.15, -0.1) is 6.42 Å². The zero-order chi connectivity index (χ0) is 8.60. The van der Waals surface area contributed by atoms with Gasteiger partial charge in [-0.3, -0.25) is 4.98 Å². The molecule has 60 valence electrons. The lowest BCUT2D eigenvalue weighted by atomic mass is 10.0. The summed E-state index contributed by atoms with van der Waals surface area (Å²) in [6, 6.07) is 4.11. The first-order valence-corrected chi connectivity index (χ1v) is 4.18. The highest BCUT2D eigenvalue weighted by Crippen LogP contribution is 2.46. The summed E-state index contributed by atoms with van der Waals surface area (Å²) in [5.74, 6) is 2.83. The molecule has 0 unspecified atom stereocenters. The number of rotatable bonds is 1. The quantitative estimate of drug-likeness (QED) is 0.568. The summed E-state index contributed by atoms with van der Waals surface area (Å²) in [6.45, 7) is 2.03. The maximum atomic E-state index is 5.45. The molecular formula is C11H11N. The lowest BCUT2D eigenvalue weighted by Gasteiger charge is -2.05. The van der Waals surface area contributed by atoms with Crippen molar-refractivity contribution < 1.29 is 0 Å². The molecule has 0 spiro atoms. The van der Waals surface area contributed by atoms with Crippen molar-refractivity contribution in [2.45, 2.75) is 25.2 Å². The Hall–Kier alpha value is -1.29. The van der Waals surface area contributed by atoms with Crippen LogP contribution in [0.5, 0.6) is 0 Å². The second kappa shape index (κ2) is 2.35. The van der Waals surface area contributed by atoms with Crippen LogP contribution in [0.1, 0.15) is 24.1 Å². The Bertz CT molecular complexity index is 325. The summed E-state index contributed by atoms with van der Waals surface area (Å²) in [5, 5.41) is 0. The minimum atomic E-state index is -0.00625. The lowest BCUT2D eigenvalue weighted by Crippen LogP contribution is -2.04. The molecule has 1 heteroatoms. The summed E-state index contributed by atoms with van der Waals surface area (Å²) < 4.78 is 0. The first kappa shape index (κ1) is 7.36. The van der Waals surface area contributed by atoms with E-state index in [4.69, 9.17) is 6.42 Å². The van der Waals surface area contributed by atoms with Gasteiger partial charge >= 0.3 is 0 Å². The molecule has 1 nitrogen and oxygen atoms in total. The summed E-state index contributed by atoms with van der Waals surface area (Å²) in [6.07, 6.45) is 9.52. The van der Waals surface area contributed by atoms with Crippen molar-refractivity contribution in [2.24, 2.45) is 0 Å². The molecule has 1 aromatic heterocycles. The molecule has 0 saturated heterocycles. The van der Waals surface area contributed by atoms with Gasteiger partial charge < -0.3 is 0 Å². The fourth-order valence-electron chi connectivity index (χ4n) is 1.35. The van der Waals surface area contributed by atoms with Crippen molar-refractivity contribution in [2.75, 3.05) is 0 Å². The molecular weight excluding hydrogens is 146 g/mol. The highest BCUT2D eigenvalue weighted by Gasteiger charge is 2.43. The van der Waals surface area contributed by atoms with E-state index in [1.54, 1.807) is 0 Å². The largest absolute Gasteiger partial charge is 0.259 e. The Morgan fingerprint density at radius 2 is 2.25 bits per heavy atom. The molecule has 0 amide bonds. The van der Waals surface area contributed by atoms with Crippen molar-refractivity contribution in [3.05, 3.63) is 29.6 Å². The van der Waals surface area contributed by atoms with Crippen LogP contribution in [-0.2, 0) is 5.41 Å². The third kappa shape index (κ3) is 1.00. The van der Waals surface area contributed by atoms with Crippen LogP contribution in [0, 0.1) is 19.3 Å². The Labute approximate surface area is 72.8 Å². The molecule has 1 aliphatic carbocycles. The van der Waals surface area contributed by atoms with Crippen LogP contribution in [0.15, 0.2) is 18.3 Å². The monoisotopic (exact) mass is 157 g/mol. The molecule has 1 aliphatic rings. The second-order valence-corrected chi connectivity index (χ2v) is 3.45. The smallest absolute Gasteiger partial charge is 0.0733 e. The van der Waals surface area contributed by atoms with Crippen LogP contribution in [-0.4, -0.2) is 4.98 Å². The normalized spacial score (nSPS) is 18.3. The number of aryl methyl sites for hydroxylation is 1. The van der Waals surface area contributed by atoms with Gasteiger partial charge in [0, 0.05) is 6.20 Å². The van der Waals surface area contributed by atoms with Crippen LogP contribution in [0.3, 0.4) is 0 Å². The molecule has 0 aromatic carbocycles. The zero-order valence-corrected chi connectivity index (χ0v) is 7.17. The van der Waals surface area contributed by atoms with E-state index >= 15 is 0 Å². The van der Waals surface area contributed by atoms with Gasteiger partial charge in [-0.1, -0.05) is 12.0 Å². The maximum absolute atomic E-state index is 5.45. The highest BCUT2D eigenvalue weighted by molar-refractivity contribution is 5.36. The SMILES string of the molecule is C#CC1(c2ccc(C)cn2)CC1. The third-order valence-corrected chi connectivity index (χ3v) is 2.43. The molecule has 0 bridgehead atoms. The van der Waals surface area contributed by atoms with E-state index in [9.17, 15) is 0 Å². The van der Waals surface area contributed by atoms with E-state index in [1.165, 1.54) is 5.56 Å². The molecule has 0 atom stereocenters. The van der Waals surface area contributed by atoms with E-state index in [1.807, 2.05) is 19.2 Å². The van der Waals surface area contributed by atoms with Gasteiger partial charge in [0.2, 0.25) is 0 Å². The molecule has 2 rings (SSSR count). The zero-order valence-electron chi connectivity index (χ0n) is 7.17. The Kier molecular flexibility index (Phi) is 1.44. The van der Waals surface area contributed by atoms with Crippen LogP contribution >= 0.6 is 0 Å². The topological polar surface area (TPSA) is 12.9 Å². The van der Waals surface area contributed by atoms with E-state index < -0.39 is 0 Å². The van der Waals surface area contributed by atoms with Crippen LogP contribution in [0.4, 0.5) is 0 Å². The predicted molar refractivity (Wildman–Crippen MR) is 48.7 cm³/mol. The fourth-order valence-corrected chi connectivity index (χ4v) is 1.35. The average Bonchev–Trinajstić information content (AvgIpc) is 2.86. The number of pyridine rings is 1. The first-order valence-electron chi connectivity index (χ1n) is 4.18. The summed E-state index contributed by atoms with van der Waals surface area (Å²) >= 11 is 0. The number of hydrogen-bond acceptors (Lipinski definition) is 1. The average molecular weight is 157 g/mol. The van der Waals surface area contributed by atoms with E-state index in [2.05, 4.69) is 17.0 Å². The molecule has 1 aromatic rings. The lowest BCUT2D eigenvalue weighted by molar-refractivity contribution is 0.868. The van der Waals surface area contributed by atoms with E-state index in [-0.39, 0.29) is 5.41 Å². The van der Waals surface area contributed by atoms with Crippen molar-refractivity contribution in [1.29, 1.82) is 0 Å². The molecule has 1 heterocycles. The molecule has 0 aliphatic heterocycles. The molecule has 12 heavy (non-hydrogen) atoms. The Balaban J connectivity index is 2.37. The molecule has 0 radical (unpaired) electrons. The number of terminal acetylenes is 1. The van der Waals surface area contributed by atoms with E-state index in [0.29, 0.717) is 0 Å². The number of hydrogen-bond donors (Lipinski definition) is 0. The van der Waals surface area contributed by atoms with Gasteiger partial charge in [0.15, 0.2) is 0 Å². The second-order valence-electron chi connectivity index (χ2n) is 3.45. The number of nitrogens with zero attached hydrogens (tertiary/aromatic N) is 1. The van der Waals surface area contributed by atoms with Gasteiger partial charge in [-0.2, -0.15) is 0 Å². The van der Waals surface area contributed by atoms with E-state index in [0.717, 1.165) is 18.5 Å². The minimum absolute atomic E-state index is 0.00625. The molecule has 1 saturated carbocycles. The van der Waals surface area contributed by atoms with Gasteiger partial charge in [0.1, 0.15) is 0 Å². The molecule has 1 fully saturated rings. The summed E-state index contributed by atoms with van der Waals surface area (Å²) in [5.41, 5.74) is 2.25. The standard InChI is InChI=1S/C11H11N/c1-3-11(6-7-11)10-5-4-9(2)8-12-10/h1,4-5,8H,6-7H2,2H3. The van der Waals surface area contributed by atoms with Crippen molar-refractivity contribution in [3.63, 3.8) is 0 Å². The van der Waals surface area contributed by atoms with Gasteiger partial charge in [-0.05, 0) is 31.4 Å². The number of aromatic nitrogens is 1. The summed E-state index contributed by atoms with van der Waals surface area (Å²) in [7, 11) is 0. The van der Waals surface area contributed by atoms with Crippen molar-refractivity contribution in [3.8, 4) is 12.3 Å². The fraction of sp³-hybridized carbons (Fsp3) is 0.364. The Morgan fingerprint density at radius 3 is 2.67 bits per heavy atom. The van der Waals surface area contributed by atoms with Crippen molar-refractivity contribution in [1.82, 2.24) is 4.98 Å². The minimum Gasteiger partial charge on any atom is -0.259 e. The van der Waals surface area contributed by atoms with Gasteiger partial charge in [-0.25, -0.2) is 0 Å². The maximum Gasteiger partial charge on any atom is 0.0733 e. The Morgan fingerprint density at radius 1 is 1.50 bits per heavy atom. The first-order chi connectivity index (χ1) is 5.77. The summed E-state index contributed by atoms with van der Waals surface area (Å²) in [4.78, 5) is 4.34. The molecule has 0 N–H and O–H groups in total. The highest BCUT2D eigenvalue weighted by atomic mass is 14.7. The predicted octanol–water partition coefficient (Wildman–Crippen LogP) is 2.05. The van der Waals surface area contributed by atoms with Gasteiger partial charge in [0.25, 0.3) is 0 Å². The van der Waals surface area contributed by atoms with Gasteiger partial charge in [0.05, 0.1) is 11.1 Å². The van der Waals surface area contributed by atoms with Crippen LogP contribution < -0.4 is 0 Å². The van der Waals surface area contributed by atoms with Crippen LogP contribution in [0.2, 0.25) is 0 Å². The third-order valence-electron chi connectivity index (χ3n) is 2.43.